The molecular formula is C24H22N2O5S. The van der Waals surface area contributed by atoms with Crippen molar-refractivity contribution in [1.82, 2.24) is 4.90 Å². The molecule has 0 saturated carbocycles. The minimum Gasteiger partial charge on any atom is -0.506 e. The third-order valence-corrected chi connectivity index (χ3v) is 7.22. The van der Waals surface area contributed by atoms with Gasteiger partial charge in [0.15, 0.2) is 9.84 Å². The Morgan fingerprint density at radius 2 is 1.75 bits per heavy atom. The minimum absolute atomic E-state index is 0.00554. The summed E-state index contributed by atoms with van der Waals surface area (Å²) in [6, 6.07) is 18.8. The van der Waals surface area contributed by atoms with Crippen LogP contribution in [0.15, 0.2) is 77.7 Å². The number of benzene rings is 3. The van der Waals surface area contributed by atoms with E-state index in [1.165, 1.54) is 30.0 Å². The van der Waals surface area contributed by atoms with Gasteiger partial charge in [-0.1, -0.05) is 55.5 Å². The molecule has 8 heteroatoms. The molecule has 0 fully saturated rings. The molecule has 1 aliphatic rings. The molecule has 1 atom stereocenters. The predicted molar refractivity (Wildman–Crippen MR) is 120 cm³/mol. The summed E-state index contributed by atoms with van der Waals surface area (Å²) in [5, 5.41) is 12.9. The number of fused-ring (bicyclic) bond motifs is 1. The number of phenolic OH excluding ortho intramolecular Hbond substituents is 1. The number of anilines is 1. The van der Waals surface area contributed by atoms with E-state index in [0.717, 1.165) is 5.56 Å². The van der Waals surface area contributed by atoms with Gasteiger partial charge in [0.05, 0.1) is 16.3 Å². The van der Waals surface area contributed by atoms with Crippen LogP contribution >= 0.6 is 0 Å². The maximum Gasteiger partial charge on any atom is 0.255 e. The van der Waals surface area contributed by atoms with Gasteiger partial charge in [-0.25, -0.2) is 8.42 Å². The number of amides is 2. The summed E-state index contributed by atoms with van der Waals surface area (Å²) >= 11 is 0. The molecule has 32 heavy (non-hydrogen) atoms. The summed E-state index contributed by atoms with van der Waals surface area (Å²) in [7, 11) is -3.53. The van der Waals surface area contributed by atoms with Crippen LogP contribution in [0.3, 0.4) is 0 Å². The fourth-order valence-electron chi connectivity index (χ4n) is 3.77. The number of nitrogens with zero attached hydrogens (tertiary/aromatic N) is 1. The molecule has 0 spiro atoms. The predicted octanol–water partition coefficient (Wildman–Crippen LogP) is 3.52. The fraction of sp³-hybridized carbons (Fsp3) is 0.167. The van der Waals surface area contributed by atoms with Crippen molar-refractivity contribution in [1.29, 1.82) is 0 Å². The van der Waals surface area contributed by atoms with Crippen molar-refractivity contribution < 1.29 is 23.1 Å². The zero-order valence-electron chi connectivity index (χ0n) is 17.4. The van der Waals surface area contributed by atoms with E-state index in [9.17, 15) is 23.1 Å². The lowest BCUT2D eigenvalue weighted by Gasteiger charge is -2.27. The van der Waals surface area contributed by atoms with Gasteiger partial charge in [-0.15, -0.1) is 0 Å². The van der Waals surface area contributed by atoms with Crippen molar-refractivity contribution in [2.75, 3.05) is 11.1 Å². The van der Waals surface area contributed by atoms with Gasteiger partial charge < -0.3 is 15.3 Å². The maximum atomic E-state index is 13.4. The second-order valence-corrected chi connectivity index (χ2v) is 9.75. The molecule has 1 aliphatic heterocycles. The Morgan fingerprint density at radius 1 is 1.06 bits per heavy atom. The van der Waals surface area contributed by atoms with Gasteiger partial charge in [0.25, 0.3) is 11.8 Å². The van der Waals surface area contributed by atoms with Crippen LogP contribution in [0.5, 0.6) is 5.75 Å². The van der Waals surface area contributed by atoms with E-state index in [1.54, 1.807) is 36.4 Å². The lowest BCUT2D eigenvalue weighted by atomic mass is 10.0. The molecule has 0 radical (unpaired) electrons. The van der Waals surface area contributed by atoms with Crippen LogP contribution in [-0.2, 0) is 21.2 Å². The molecule has 1 heterocycles. The van der Waals surface area contributed by atoms with Gasteiger partial charge in [-0.05, 0) is 35.4 Å². The average molecular weight is 451 g/mol. The molecule has 0 aliphatic carbocycles. The summed E-state index contributed by atoms with van der Waals surface area (Å²) in [6.07, 6.45) is 0. The van der Waals surface area contributed by atoms with Crippen molar-refractivity contribution in [2.45, 2.75) is 24.4 Å². The molecule has 7 nitrogen and oxygen atoms in total. The van der Waals surface area contributed by atoms with Crippen molar-refractivity contribution >= 4 is 27.3 Å². The number of aromatic hydroxyl groups is 1. The lowest BCUT2D eigenvalue weighted by molar-refractivity contribution is -0.120. The van der Waals surface area contributed by atoms with Crippen molar-refractivity contribution in [2.24, 2.45) is 0 Å². The number of hydrogen-bond acceptors (Lipinski definition) is 5. The number of carbonyl (C=O) groups is 2. The molecule has 4 rings (SSSR count). The SMILES string of the molecule is CCS(=O)(=O)c1ccc(O)c(NC(=O)[C@@H](c2ccccc2)N2Cc3ccccc3C2=O)c1. The molecule has 2 amide bonds. The molecular weight excluding hydrogens is 428 g/mol. The average Bonchev–Trinajstić information content (AvgIpc) is 3.12. The quantitative estimate of drug-likeness (QED) is 0.559. The first-order chi connectivity index (χ1) is 15.3. The Kier molecular flexibility index (Phi) is 5.71. The first kappa shape index (κ1) is 21.6. The normalized spacial score (nSPS) is 14.2. The van der Waals surface area contributed by atoms with Crippen LogP contribution in [-0.4, -0.2) is 36.0 Å². The maximum absolute atomic E-state index is 13.4. The van der Waals surface area contributed by atoms with Crippen LogP contribution < -0.4 is 5.32 Å². The summed E-state index contributed by atoms with van der Waals surface area (Å²) in [5.74, 6) is -1.20. The molecule has 0 aromatic heterocycles. The Labute approximate surface area is 186 Å². The topological polar surface area (TPSA) is 104 Å². The van der Waals surface area contributed by atoms with Gasteiger partial charge in [0, 0.05) is 12.1 Å². The Bertz CT molecular complexity index is 1290. The zero-order chi connectivity index (χ0) is 22.9. The Balaban J connectivity index is 1.71. The Hall–Kier alpha value is -3.65. The molecule has 0 saturated heterocycles. The van der Waals surface area contributed by atoms with Crippen LogP contribution in [0.1, 0.15) is 34.5 Å². The molecule has 2 N–H and O–H groups in total. The highest BCUT2D eigenvalue weighted by molar-refractivity contribution is 7.91. The zero-order valence-corrected chi connectivity index (χ0v) is 18.2. The molecule has 164 valence electrons. The van der Waals surface area contributed by atoms with Crippen LogP contribution in [0, 0.1) is 0 Å². The van der Waals surface area contributed by atoms with E-state index in [4.69, 9.17) is 0 Å². The lowest BCUT2D eigenvalue weighted by Crippen LogP contribution is -2.37. The largest absolute Gasteiger partial charge is 0.506 e. The molecule has 3 aromatic rings. The van der Waals surface area contributed by atoms with E-state index in [2.05, 4.69) is 5.32 Å². The highest BCUT2D eigenvalue weighted by Crippen LogP contribution is 2.34. The van der Waals surface area contributed by atoms with Crippen LogP contribution in [0.2, 0.25) is 0 Å². The number of nitrogens with one attached hydrogen (secondary N) is 1. The van der Waals surface area contributed by atoms with E-state index in [-0.39, 0.29) is 34.5 Å². The first-order valence-corrected chi connectivity index (χ1v) is 11.8. The smallest absolute Gasteiger partial charge is 0.255 e. The minimum atomic E-state index is -3.53. The van der Waals surface area contributed by atoms with E-state index in [0.29, 0.717) is 11.1 Å². The Morgan fingerprint density at radius 3 is 2.44 bits per heavy atom. The number of sulfone groups is 1. The highest BCUT2D eigenvalue weighted by atomic mass is 32.2. The van der Waals surface area contributed by atoms with Crippen molar-refractivity contribution in [3.8, 4) is 5.75 Å². The number of phenols is 1. The van der Waals surface area contributed by atoms with Gasteiger partial charge in [-0.2, -0.15) is 0 Å². The summed E-state index contributed by atoms with van der Waals surface area (Å²) in [6.45, 7) is 1.78. The number of rotatable bonds is 6. The second-order valence-electron chi connectivity index (χ2n) is 7.48. The molecule has 0 unspecified atom stereocenters. The van der Waals surface area contributed by atoms with Gasteiger partial charge in [0.2, 0.25) is 0 Å². The summed E-state index contributed by atoms with van der Waals surface area (Å²) in [5.41, 5.74) is 1.93. The summed E-state index contributed by atoms with van der Waals surface area (Å²) < 4.78 is 24.5. The van der Waals surface area contributed by atoms with E-state index >= 15 is 0 Å². The second kappa shape index (κ2) is 8.47. The van der Waals surface area contributed by atoms with Gasteiger partial charge in [0.1, 0.15) is 11.8 Å². The highest BCUT2D eigenvalue weighted by Gasteiger charge is 2.37. The van der Waals surface area contributed by atoms with Gasteiger partial charge >= 0.3 is 0 Å². The summed E-state index contributed by atoms with van der Waals surface area (Å²) in [4.78, 5) is 28.0. The monoisotopic (exact) mass is 450 g/mol. The van der Waals surface area contributed by atoms with E-state index < -0.39 is 21.8 Å². The first-order valence-electron chi connectivity index (χ1n) is 10.1. The standard InChI is InChI=1S/C24H22N2O5S/c1-2-32(30,31)18-12-13-21(27)20(14-18)25-23(28)22(16-8-4-3-5-9-16)26-15-17-10-6-7-11-19(17)24(26)29/h3-14,22,27H,2,15H2,1H3,(H,25,28)/t22-/m1/s1. The third kappa shape index (κ3) is 3.97. The fourth-order valence-corrected chi connectivity index (χ4v) is 4.68. The van der Waals surface area contributed by atoms with Crippen molar-refractivity contribution in [3.63, 3.8) is 0 Å². The van der Waals surface area contributed by atoms with E-state index in [1.807, 2.05) is 18.2 Å². The third-order valence-electron chi connectivity index (χ3n) is 5.49. The van der Waals surface area contributed by atoms with Crippen LogP contribution in [0.4, 0.5) is 5.69 Å². The van der Waals surface area contributed by atoms with Crippen LogP contribution in [0.25, 0.3) is 0 Å². The number of carbonyl (C=O) groups excluding carboxylic acids is 2. The van der Waals surface area contributed by atoms with Crippen molar-refractivity contribution in [3.05, 3.63) is 89.5 Å². The van der Waals surface area contributed by atoms with Gasteiger partial charge in [-0.3, -0.25) is 9.59 Å². The number of hydrogen-bond donors (Lipinski definition) is 2. The molecule has 0 bridgehead atoms. The molecule has 3 aromatic carbocycles.